The van der Waals surface area contributed by atoms with Gasteiger partial charge < -0.3 is 9.88 Å². The highest BCUT2D eigenvalue weighted by Gasteiger charge is 2.27. The molecule has 0 saturated carbocycles. The van der Waals surface area contributed by atoms with Crippen molar-refractivity contribution in [1.82, 2.24) is 20.2 Å². The van der Waals surface area contributed by atoms with Gasteiger partial charge in [0, 0.05) is 31.8 Å². The van der Waals surface area contributed by atoms with Gasteiger partial charge in [0.2, 0.25) is 17.7 Å². The minimum absolute atomic E-state index is 0.210. The van der Waals surface area contributed by atoms with Crippen LogP contribution in [0.5, 0.6) is 0 Å². The quantitative estimate of drug-likeness (QED) is 0.684. The van der Waals surface area contributed by atoms with E-state index in [1.54, 1.807) is 23.3 Å². The highest BCUT2D eigenvalue weighted by molar-refractivity contribution is 6.01. The average molecular weight is 250 g/mol. The Kier molecular flexibility index (Phi) is 3.71. The van der Waals surface area contributed by atoms with Crippen molar-refractivity contribution in [3.63, 3.8) is 0 Å². The Balaban J connectivity index is 1.77. The number of imide groups is 1. The van der Waals surface area contributed by atoms with Gasteiger partial charge in [0.1, 0.15) is 6.04 Å². The molecule has 1 fully saturated rings. The van der Waals surface area contributed by atoms with Crippen molar-refractivity contribution in [2.45, 2.75) is 31.8 Å². The SMILES string of the molecule is O=C1CCC(NC(=O)CCn2ccnc2)C(=O)N1. The number of hydrogen-bond acceptors (Lipinski definition) is 4. The number of amides is 3. The molecule has 0 radical (unpaired) electrons. The van der Waals surface area contributed by atoms with E-state index >= 15 is 0 Å². The zero-order chi connectivity index (χ0) is 13.0. The van der Waals surface area contributed by atoms with Crippen molar-refractivity contribution < 1.29 is 14.4 Å². The Hall–Kier alpha value is -2.18. The largest absolute Gasteiger partial charge is 0.344 e. The van der Waals surface area contributed by atoms with Crippen molar-refractivity contribution in [3.05, 3.63) is 18.7 Å². The van der Waals surface area contributed by atoms with Gasteiger partial charge in [-0.3, -0.25) is 19.7 Å². The lowest BCUT2D eigenvalue weighted by molar-refractivity contribution is -0.137. The third kappa shape index (κ3) is 3.16. The van der Waals surface area contributed by atoms with Crippen LogP contribution in [0.15, 0.2) is 18.7 Å². The molecule has 1 saturated heterocycles. The van der Waals surface area contributed by atoms with Crippen LogP contribution in [0.4, 0.5) is 0 Å². The number of carbonyl (C=O) groups excluding carboxylic acids is 3. The number of carbonyl (C=O) groups is 3. The summed E-state index contributed by atoms with van der Waals surface area (Å²) in [7, 11) is 0. The first-order chi connectivity index (χ1) is 8.65. The van der Waals surface area contributed by atoms with E-state index in [2.05, 4.69) is 15.6 Å². The molecule has 3 amide bonds. The van der Waals surface area contributed by atoms with Crippen LogP contribution < -0.4 is 10.6 Å². The lowest BCUT2D eigenvalue weighted by Crippen LogP contribution is -2.52. The van der Waals surface area contributed by atoms with Crippen LogP contribution in [0.2, 0.25) is 0 Å². The molecule has 1 aromatic heterocycles. The maximum Gasteiger partial charge on any atom is 0.249 e. The molecule has 1 unspecified atom stereocenters. The second-order valence-corrected chi connectivity index (χ2v) is 4.12. The van der Waals surface area contributed by atoms with E-state index in [1.165, 1.54) is 0 Å². The van der Waals surface area contributed by atoms with Crippen LogP contribution in [-0.4, -0.2) is 33.3 Å². The van der Waals surface area contributed by atoms with Gasteiger partial charge in [-0.2, -0.15) is 0 Å². The third-order valence-electron chi connectivity index (χ3n) is 2.73. The predicted molar refractivity (Wildman–Crippen MR) is 61.2 cm³/mol. The van der Waals surface area contributed by atoms with Crippen molar-refractivity contribution >= 4 is 17.7 Å². The maximum atomic E-state index is 11.6. The van der Waals surface area contributed by atoms with Crippen molar-refractivity contribution in [2.24, 2.45) is 0 Å². The number of piperidine rings is 1. The molecule has 1 aliphatic rings. The number of aryl methyl sites for hydroxylation is 1. The van der Waals surface area contributed by atoms with Crippen molar-refractivity contribution in [2.75, 3.05) is 0 Å². The van der Waals surface area contributed by atoms with E-state index in [0.717, 1.165) is 0 Å². The first-order valence-corrected chi connectivity index (χ1v) is 5.74. The Bertz CT molecular complexity index is 455. The van der Waals surface area contributed by atoms with E-state index in [9.17, 15) is 14.4 Å². The molecule has 2 heterocycles. The monoisotopic (exact) mass is 250 g/mol. The minimum atomic E-state index is -0.599. The fraction of sp³-hybridized carbons (Fsp3) is 0.455. The van der Waals surface area contributed by atoms with Crippen LogP contribution in [-0.2, 0) is 20.9 Å². The van der Waals surface area contributed by atoms with Crippen molar-refractivity contribution in [1.29, 1.82) is 0 Å². The second-order valence-electron chi connectivity index (χ2n) is 4.12. The van der Waals surface area contributed by atoms with Gasteiger partial charge in [-0.05, 0) is 6.42 Å². The minimum Gasteiger partial charge on any atom is -0.344 e. The fourth-order valence-electron chi connectivity index (χ4n) is 1.75. The zero-order valence-corrected chi connectivity index (χ0v) is 9.76. The predicted octanol–water partition coefficient (Wildman–Crippen LogP) is -0.805. The normalized spacial score (nSPS) is 19.4. The molecule has 0 aromatic carbocycles. The van der Waals surface area contributed by atoms with Crippen LogP contribution in [0.25, 0.3) is 0 Å². The van der Waals surface area contributed by atoms with Gasteiger partial charge >= 0.3 is 0 Å². The topological polar surface area (TPSA) is 93.1 Å². The first kappa shape index (κ1) is 12.3. The Morgan fingerprint density at radius 1 is 1.56 bits per heavy atom. The molecule has 1 atom stereocenters. The highest BCUT2D eigenvalue weighted by Crippen LogP contribution is 2.04. The van der Waals surface area contributed by atoms with Gasteiger partial charge in [0.15, 0.2) is 0 Å². The van der Waals surface area contributed by atoms with Crippen LogP contribution in [0.3, 0.4) is 0 Å². The molecule has 2 N–H and O–H groups in total. The average Bonchev–Trinajstić information content (AvgIpc) is 2.83. The maximum absolute atomic E-state index is 11.6. The van der Waals surface area contributed by atoms with Crippen LogP contribution >= 0.6 is 0 Å². The Morgan fingerprint density at radius 3 is 3.06 bits per heavy atom. The summed E-state index contributed by atoms with van der Waals surface area (Å²) in [5, 5.41) is 4.81. The lowest BCUT2D eigenvalue weighted by atomic mass is 10.1. The molecule has 7 nitrogen and oxygen atoms in total. The number of imidazole rings is 1. The molecule has 0 bridgehead atoms. The molecule has 2 rings (SSSR count). The molecule has 1 aromatic rings. The summed E-state index contributed by atoms with van der Waals surface area (Å²) in [5.41, 5.74) is 0. The number of hydrogen-bond donors (Lipinski definition) is 2. The van der Waals surface area contributed by atoms with Crippen LogP contribution in [0, 0.1) is 0 Å². The lowest BCUT2D eigenvalue weighted by Gasteiger charge is -2.21. The third-order valence-corrected chi connectivity index (χ3v) is 2.73. The number of nitrogens with zero attached hydrogens (tertiary/aromatic N) is 2. The molecular weight excluding hydrogens is 236 g/mol. The number of nitrogens with one attached hydrogen (secondary N) is 2. The first-order valence-electron chi connectivity index (χ1n) is 5.74. The second kappa shape index (κ2) is 5.44. The van der Waals surface area contributed by atoms with E-state index in [1.807, 2.05) is 0 Å². The van der Waals surface area contributed by atoms with Gasteiger partial charge in [-0.1, -0.05) is 0 Å². The molecule has 0 spiro atoms. The Morgan fingerprint density at radius 2 is 2.39 bits per heavy atom. The molecule has 7 heteroatoms. The van der Waals surface area contributed by atoms with Gasteiger partial charge in [-0.15, -0.1) is 0 Å². The smallest absolute Gasteiger partial charge is 0.249 e. The van der Waals surface area contributed by atoms with Crippen molar-refractivity contribution in [3.8, 4) is 0 Å². The zero-order valence-electron chi connectivity index (χ0n) is 9.76. The summed E-state index contributed by atoms with van der Waals surface area (Å²) in [6.07, 6.45) is 5.92. The number of aromatic nitrogens is 2. The summed E-state index contributed by atoms with van der Waals surface area (Å²) in [5.74, 6) is -0.927. The molecule has 0 aliphatic carbocycles. The van der Waals surface area contributed by atoms with E-state index in [0.29, 0.717) is 13.0 Å². The fourth-order valence-corrected chi connectivity index (χ4v) is 1.75. The standard InChI is InChI=1S/C11H14N4O3/c16-9-2-1-8(11(18)14-9)13-10(17)3-5-15-6-4-12-7-15/h4,6-8H,1-3,5H2,(H,13,17)(H,14,16,18). The highest BCUT2D eigenvalue weighted by atomic mass is 16.2. The molecule has 1 aliphatic heterocycles. The molecular formula is C11H14N4O3. The van der Waals surface area contributed by atoms with Gasteiger partial charge in [0.05, 0.1) is 6.33 Å². The summed E-state index contributed by atoms with van der Waals surface area (Å²) < 4.78 is 1.78. The summed E-state index contributed by atoms with van der Waals surface area (Å²) >= 11 is 0. The number of rotatable bonds is 4. The summed E-state index contributed by atoms with van der Waals surface area (Å²) in [6.45, 7) is 0.513. The molecule has 18 heavy (non-hydrogen) atoms. The van der Waals surface area contributed by atoms with E-state index < -0.39 is 11.9 Å². The summed E-state index contributed by atoms with van der Waals surface area (Å²) in [4.78, 5) is 37.8. The van der Waals surface area contributed by atoms with E-state index in [-0.39, 0.29) is 24.7 Å². The Labute approximate surface area is 104 Å². The van der Waals surface area contributed by atoms with Crippen LogP contribution in [0.1, 0.15) is 19.3 Å². The van der Waals surface area contributed by atoms with E-state index in [4.69, 9.17) is 0 Å². The van der Waals surface area contributed by atoms with Gasteiger partial charge in [0.25, 0.3) is 0 Å². The summed E-state index contributed by atoms with van der Waals surface area (Å²) in [6, 6.07) is -0.599. The molecule has 96 valence electrons. The van der Waals surface area contributed by atoms with Gasteiger partial charge in [-0.25, -0.2) is 4.98 Å².